The number of fused-ring (bicyclic) bond motifs is 3. The molecule has 5 aromatic rings. The molecule has 2 aromatic heterocycles. The van der Waals surface area contributed by atoms with Gasteiger partial charge in [0, 0.05) is 58.2 Å². The number of H-pyrrole nitrogens is 1. The second-order valence-electron chi connectivity index (χ2n) is 8.43. The predicted octanol–water partition coefficient (Wildman–Crippen LogP) is 5.87. The van der Waals surface area contributed by atoms with Crippen LogP contribution in [0.3, 0.4) is 0 Å². The number of hydrogen-bond donors (Lipinski definition) is 3. The highest BCUT2D eigenvalue weighted by Gasteiger charge is 2.14. The largest absolute Gasteiger partial charge is 0.385 e. The SMILES string of the molecule is CS(=O)(=O)c1ccc(NCCc2[nH]c3c(cnc4cc(Cl)ccc43)c2/C=N/Nc2ccccc2)cc1. The lowest BCUT2D eigenvalue weighted by Crippen LogP contribution is -2.07. The van der Waals surface area contributed by atoms with E-state index < -0.39 is 9.84 Å². The van der Waals surface area contributed by atoms with Gasteiger partial charge in [0.2, 0.25) is 0 Å². The van der Waals surface area contributed by atoms with Crippen molar-refractivity contribution in [3.63, 3.8) is 0 Å². The Kier molecular flexibility index (Phi) is 6.63. The highest BCUT2D eigenvalue weighted by atomic mass is 35.5. The number of sulfone groups is 1. The van der Waals surface area contributed by atoms with Crippen LogP contribution < -0.4 is 10.7 Å². The molecule has 3 N–H and O–H groups in total. The molecular formula is C27H24ClN5O2S. The van der Waals surface area contributed by atoms with Crippen molar-refractivity contribution in [3.05, 3.63) is 95.3 Å². The van der Waals surface area contributed by atoms with Crippen LogP contribution in [0.1, 0.15) is 11.3 Å². The van der Waals surface area contributed by atoms with Gasteiger partial charge >= 0.3 is 0 Å². The molecule has 0 saturated carbocycles. The van der Waals surface area contributed by atoms with Crippen LogP contribution >= 0.6 is 11.6 Å². The number of halogens is 1. The number of aromatic amines is 1. The fraction of sp³-hybridized carbons (Fsp3) is 0.111. The molecule has 0 amide bonds. The number of benzene rings is 3. The third-order valence-electron chi connectivity index (χ3n) is 5.87. The maximum atomic E-state index is 11.7. The van der Waals surface area contributed by atoms with Gasteiger partial charge in [0.05, 0.1) is 27.8 Å². The average Bonchev–Trinajstić information content (AvgIpc) is 3.22. The Labute approximate surface area is 214 Å². The zero-order valence-electron chi connectivity index (χ0n) is 19.5. The smallest absolute Gasteiger partial charge is 0.175 e. The van der Waals surface area contributed by atoms with E-state index in [0.29, 0.717) is 22.9 Å². The van der Waals surface area contributed by atoms with E-state index in [0.717, 1.165) is 44.4 Å². The van der Waals surface area contributed by atoms with Gasteiger partial charge < -0.3 is 10.3 Å². The quantitative estimate of drug-likeness (QED) is 0.176. The number of hydrogen-bond acceptors (Lipinski definition) is 6. The van der Waals surface area contributed by atoms with Crippen molar-refractivity contribution in [1.29, 1.82) is 0 Å². The first-order chi connectivity index (χ1) is 17.4. The van der Waals surface area contributed by atoms with Crippen molar-refractivity contribution < 1.29 is 8.42 Å². The molecule has 9 heteroatoms. The molecule has 5 rings (SSSR count). The molecule has 0 bridgehead atoms. The minimum atomic E-state index is -3.22. The summed E-state index contributed by atoms with van der Waals surface area (Å²) in [6.45, 7) is 0.634. The summed E-state index contributed by atoms with van der Waals surface area (Å²) in [5, 5.41) is 10.4. The van der Waals surface area contributed by atoms with Gasteiger partial charge in [0.25, 0.3) is 0 Å². The van der Waals surface area contributed by atoms with E-state index in [1.807, 2.05) is 60.9 Å². The molecule has 3 aromatic carbocycles. The van der Waals surface area contributed by atoms with Crippen LogP contribution in [-0.2, 0) is 16.3 Å². The number of pyridine rings is 1. The maximum absolute atomic E-state index is 11.7. The van der Waals surface area contributed by atoms with E-state index >= 15 is 0 Å². The number of hydrazone groups is 1. The molecule has 0 atom stereocenters. The first kappa shape index (κ1) is 23.8. The number of rotatable bonds is 8. The van der Waals surface area contributed by atoms with Gasteiger partial charge in [-0.05, 0) is 54.6 Å². The molecule has 36 heavy (non-hydrogen) atoms. The zero-order valence-corrected chi connectivity index (χ0v) is 21.1. The van der Waals surface area contributed by atoms with E-state index in [2.05, 4.69) is 25.8 Å². The van der Waals surface area contributed by atoms with Crippen LogP contribution in [0.5, 0.6) is 0 Å². The molecule has 0 unspecified atom stereocenters. The monoisotopic (exact) mass is 517 g/mol. The summed E-state index contributed by atoms with van der Waals surface area (Å²) in [6, 6.07) is 22.2. The fourth-order valence-electron chi connectivity index (χ4n) is 4.07. The predicted molar refractivity (Wildman–Crippen MR) is 148 cm³/mol. The van der Waals surface area contributed by atoms with Crippen LogP contribution in [0.25, 0.3) is 21.8 Å². The van der Waals surface area contributed by atoms with E-state index in [9.17, 15) is 8.42 Å². The zero-order chi connectivity index (χ0) is 25.1. The van der Waals surface area contributed by atoms with Gasteiger partial charge in [-0.1, -0.05) is 29.8 Å². The Hall–Kier alpha value is -3.88. The van der Waals surface area contributed by atoms with E-state index in [1.54, 1.807) is 24.3 Å². The Bertz CT molecular complexity index is 1660. The molecule has 0 fully saturated rings. The normalized spacial score (nSPS) is 11.9. The van der Waals surface area contributed by atoms with Gasteiger partial charge in [-0.15, -0.1) is 0 Å². The average molecular weight is 518 g/mol. The van der Waals surface area contributed by atoms with Crippen LogP contribution in [0.4, 0.5) is 11.4 Å². The second-order valence-corrected chi connectivity index (χ2v) is 10.9. The lowest BCUT2D eigenvalue weighted by atomic mass is 10.1. The first-order valence-corrected chi connectivity index (χ1v) is 13.6. The molecule has 0 saturated heterocycles. The Morgan fingerprint density at radius 1 is 1.00 bits per heavy atom. The van der Waals surface area contributed by atoms with Gasteiger partial charge in [-0.2, -0.15) is 5.10 Å². The Balaban J connectivity index is 1.43. The number of para-hydroxylation sites is 1. The van der Waals surface area contributed by atoms with Gasteiger partial charge in [0.1, 0.15) is 0 Å². The van der Waals surface area contributed by atoms with Crippen molar-refractivity contribution in [2.75, 3.05) is 23.5 Å². The van der Waals surface area contributed by atoms with Crippen LogP contribution in [0, 0.1) is 0 Å². The highest BCUT2D eigenvalue weighted by molar-refractivity contribution is 7.90. The van der Waals surface area contributed by atoms with E-state index in [1.165, 1.54) is 6.26 Å². The summed E-state index contributed by atoms with van der Waals surface area (Å²) in [6.07, 6.45) is 5.54. The van der Waals surface area contributed by atoms with Gasteiger partial charge in [-0.3, -0.25) is 10.4 Å². The van der Waals surface area contributed by atoms with Crippen molar-refractivity contribution in [3.8, 4) is 0 Å². The maximum Gasteiger partial charge on any atom is 0.175 e. The van der Waals surface area contributed by atoms with Crippen molar-refractivity contribution in [1.82, 2.24) is 9.97 Å². The Morgan fingerprint density at radius 3 is 2.53 bits per heavy atom. The van der Waals surface area contributed by atoms with Crippen molar-refractivity contribution in [2.45, 2.75) is 11.3 Å². The third-order valence-corrected chi connectivity index (χ3v) is 7.23. The molecule has 182 valence electrons. The van der Waals surface area contributed by atoms with Crippen LogP contribution in [-0.4, -0.2) is 37.4 Å². The third kappa shape index (κ3) is 5.19. The summed E-state index contributed by atoms with van der Waals surface area (Å²) in [5.41, 5.74) is 8.57. The topological polar surface area (TPSA) is 99.2 Å². The van der Waals surface area contributed by atoms with Crippen LogP contribution in [0.15, 0.2) is 89.0 Å². The summed E-state index contributed by atoms with van der Waals surface area (Å²) in [5.74, 6) is 0. The van der Waals surface area contributed by atoms with E-state index in [-0.39, 0.29) is 0 Å². The number of nitrogens with zero attached hydrogens (tertiary/aromatic N) is 2. The number of aromatic nitrogens is 2. The summed E-state index contributed by atoms with van der Waals surface area (Å²) >= 11 is 6.17. The van der Waals surface area contributed by atoms with Crippen molar-refractivity contribution in [2.24, 2.45) is 5.10 Å². The molecule has 2 heterocycles. The van der Waals surface area contributed by atoms with Crippen molar-refractivity contribution >= 4 is 60.8 Å². The molecule has 0 aliphatic heterocycles. The summed E-state index contributed by atoms with van der Waals surface area (Å²) < 4.78 is 23.4. The number of anilines is 2. The van der Waals surface area contributed by atoms with Gasteiger partial charge in [0.15, 0.2) is 9.84 Å². The molecule has 7 nitrogen and oxygen atoms in total. The number of nitrogens with one attached hydrogen (secondary N) is 3. The van der Waals surface area contributed by atoms with E-state index in [4.69, 9.17) is 11.6 Å². The minimum Gasteiger partial charge on any atom is -0.385 e. The lowest BCUT2D eigenvalue weighted by Gasteiger charge is -2.07. The lowest BCUT2D eigenvalue weighted by molar-refractivity contribution is 0.602. The standard InChI is InChI=1S/C27H24ClN5O2S/c1-36(34,35)21-10-8-19(9-11-21)29-14-13-25-23(17-31-33-20-5-3-2-4-6-20)24-16-30-26-15-18(28)7-12-22(26)27(24)32-25/h2-12,15-17,29,32-33H,13-14H2,1H3/b31-17+. The molecular weight excluding hydrogens is 494 g/mol. The molecule has 0 aliphatic rings. The summed E-state index contributed by atoms with van der Waals surface area (Å²) in [4.78, 5) is 8.48. The second kappa shape index (κ2) is 10.0. The molecule has 0 aliphatic carbocycles. The Morgan fingerprint density at radius 2 is 1.78 bits per heavy atom. The molecule has 0 spiro atoms. The minimum absolute atomic E-state index is 0.299. The van der Waals surface area contributed by atoms with Gasteiger partial charge in [-0.25, -0.2) is 8.42 Å². The fourth-order valence-corrected chi connectivity index (χ4v) is 4.86. The highest BCUT2D eigenvalue weighted by Crippen LogP contribution is 2.29. The summed E-state index contributed by atoms with van der Waals surface area (Å²) in [7, 11) is -3.22. The first-order valence-electron chi connectivity index (χ1n) is 11.4. The molecule has 0 radical (unpaired) electrons. The van der Waals surface area contributed by atoms with Crippen LogP contribution in [0.2, 0.25) is 5.02 Å².